The predicted octanol–water partition coefficient (Wildman–Crippen LogP) is 4.27. The number of benzene rings is 1. The summed E-state index contributed by atoms with van der Waals surface area (Å²) in [4.78, 5) is 16.2. The highest BCUT2D eigenvalue weighted by atomic mass is 19.3. The van der Waals surface area contributed by atoms with Gasteiger partial charge in [-0.05, 0) is 43.8 Å². The summed E-state index contributed by atoms with van der Waals surface area (Å²) in [6.07, 6.45) is 5.31. The number of rotatable bonds is 6. The van der Waals surface area contributed by atoms with Crippen LogP contribution in [-0.2, 0) is 12.5 Å². The zero-order chi connectivity index (χ0) is 27.9. The largest absolute Gasteiger partial charge is 0.404 e. The summed E-state index contributed by atoms with van der Waals surface area (Å²) in [5, 5.41) is 10.3. The summed E-state index contributed by atoms with van der Waals surface area (Å²) in [7, 11) is 0. The Morgan fingerprint density at radius 1 is 1.21 bits per heavy atom. The van der Waals surface area contributed by atoms with Crippen molar-refractivity contribution in [2.75, 3.05) is 5.32 Å². The zero-order valence-electron chi connectivity index (χ0n) is 20.5. The maximum atomic E-state index is 15.4. The van der Waals surface area contributed by atoms with Crippen LogP contribution in [0, 0.1) is 12.7 Å². The summed E-state index contributed by atoms with van der Waals surface area (Å²) in [6.45, 7) is 0.700. The van der Waals surface area contributed by atoms with Crippen LogP contribution in [0.5, 0.6) is 0 Å². The fraction of sp³-hybridized carbons (Fsp3) is 0.250. The number of aryl methyl sites for hydroxylation is 1. The molecule has 1 aliphatic rings. The maximum Gasteiger partial charge on any atom is 0.334 e. The van der Waals surface area contributed by atoms with E-state index in [1.165, 1.54) is 22.9 Å². The molecule has 1 atom stereocenters. The fourth-order valence-electron chi connectivity index (χ4n) is 4.32. The van der Waals surface area contributed by atoms with Gasteiger partial charge in [0.1, 0.15) is 17.3 Å². The molecule has 0 radical (unpaired) electrons. The van der Waals surface area contributed by atoms with Crippen LogP contribution in [0.1, 0.15) is 29.9 Å². The molecule has 4 heterocycles. The summed E-state index contributed by atoms with van der Waals surface area (Å²) in [5.74, 6) is -5.46. The van der Waals surface area contributed by atoms with Gasteiger partial charge in [-0.3, -0.25) is 4.57 Å². The number of imidazole rings is 1. The van der Waals surface area contributed by atoms with Gasteiger partial charge in [0.15, 0.2) is 5.82 Å². The second-order valence-corrected chi connectivity index (χ2v) is 8.72. The highest BCUT2D eigenvalue weighted by molar-refractivity contribution is 6.02. The van der Waals surface area contributed by atoms with Crippen molar-refractivity contribution in [3.05, 3.63) is 71.7 Å². The molecule has 0 aliphatic carbocycles. The number of halogens is 5. The third-order valence-corrected chi connectivity index (χ3v) is 6.01. The number of alkyl halides is 4. The standard InChI is InChI=1S/C24H21F5N10/c1-12-9-31-23(34-17(7-8-30)33-22(26)27)35-18(12)16-11-38-10-13(2)39-20(19(38)32-16)36-37-21(39)24(28,29)14-5-3-4-6-15(14)25/h3-9,11,13,22H,10,30H2,1-2H3,(H,31,33,34,35)/t13-/m0/s1. The summed E-state index contributed by atoms with van der Waals surface area (Å²) < 4.78 is 73.7. The van der Waals surface area contributed by atoms with Crippen molar-refractivity contribution in [2.45, 2.75) is 38.9 Å². The number of nitrogens with two attached hydrogens (primary N) is 1. The molecule has 202 valence electrons. The lowest BCUT2D eigenvalue weighted by atomic mass is 10.1. The Balaban J connectivity index is 1.54. The minimum absolute atomic E-state index is 0.0394. The minimum Gasteiger partial charge on any atom is -0.404 e. The maximum absolute atomic E-state index is 15.4. The van der Waals surface area contributed by atoms with Gasteiger partial charge < -0.3 is 15.6 Å². The molecule has 0 amide bonds. The van der Waals surface area contributed by atoms with Crippen molar-refractivity contribution >= 4 is 11.8 Å². The van der Waals surface area contributed by atoms with Crippen LogP contribution in [0.15, 0.2) is 53.9 Å². The highest BCUT2D eigenvalue weighted by Gasteiger charge is 2.45. The number of amidine groups is 1. The molecule has 5 rings (SSSR count). The Morgan fingerprint density at radius 3 is 2.69 bits per heavy atom. The minimum atomic E-state index is -3.75. The molecule has 10 nitrogen and oxygen atoms in total. The Bertz CT molecular complexity index is 1590. The van der Waals surface area contributed by atoms with Crippen LogP contribution in [0.4, 0.5) is 27.9 Å². The molecule has 0 fully saturated rings. The van der Waals surface area contributed by atoms with E-state index < -0.39 is 35.7 Å². The van der Waals surface area contributed by atoms with Crippen molar-refractivity contribution in [1.29, 1.82) is 0 Å². The van der Waals surface area contributed by atoms with Gasteiger partial charge in [0.05, 0.1) is 17.3 Å². The summed E-state index contributed by atoms with van der Waals surface area (Å²) in [5.41, 5.74) is 5.82. The van der Waals surface area contributed by atoms with E-state index in [1.54, 1.807) is 24.6 Å². The average Bonchev–Trinajstić information content (AvgIpc) is 3.50. The Kier molecular flexibility index (Phi) is 6.57. The molecular weight excluding hydrogens is 523 g/mol. The van der Waals surface area contributed by atoms with Gasteiger partial charge in [-0.15, -0.1) is 10.2 Å². The first-order chi connectivity index (χ1) is 18.6. The fourth-order valence-corrected chi connectivity index (χ4v) is 4.32. The number of anilines is 1. The number of fused-ring (bicyclic) bond motifs is 3. The number of aromatic nitrogens is 7. The highest BCUT2D eigenvalue weighted by Crippen LogP contribution is 2.41. The van der Waals surface area contributed by atoms with Gasteiger partial charge in [-0.1, -0.05) is 12.1 Å². The SMILES string of the molecule is Cc1cnc(NC(C=CN)=NC(F)F)nc1-c1cn2c(n1)-c1nnc(C(F)(F)c3ccccc3F)n1[C@@H](C)C2. The van der Waals surface area contributed by atoms with Crippen LogP contribution in [0.25, 0.3) is 23.0 Å². The first-order valence-corrected chi connectivity index (χ1v) is 11.6. The molecule has 1 aliphatic heterocycles. The molecule has 15 heteroatoms. The molecule has 39 heavy (non-hydrogen) atoms. The van der Waals surface area contributed by atoms with E-state index in [1.807, 2.05) is 0 Å². The molecule has 0 unspecified atom stereocenters. The van der Waals surface area contributed by atoms with Crippen molar-refractivity contribution in [2.24, 2.45) is 10.7 Å². The Morgan fingerprint density at radius 2 is 1.97 bits per heavy atom. The molecule has 4 aromatic rings. The topological polar surface area (TPSA) is 125 Å². The van der Waals surface area contributed by atoms with Gasteiger partial charge in [0, 0.05) is 18.9 Å². The quantitative estimate of drug-likeness (QED) is 0.161. The normalized spacial score (nSPS) is 15.6. The van der Waals surface area contributed by atoms with E-state index in [4.69, 9.17) is 5.73 Å². The number of aliphatic imine (C=N–C) groups is 1. The van der Waals surface area contributed by atoms with Crippen LogP contribution < -0.4 is 11.1 Å². The second kappa shape index (κ2) is 9.89. The monoisotopic (exact) mass is 544 g/mol. The number of nitrogens with one attached hydrogen (secondary N) is 1. The predicted molar refractivity (Wildman–Crippen MR) is 132 cm³/mol. The van der Waals surface area contributed by atoms with E-state index in [2.05, 4.69) is 35.5 Å². The summed E-state index contributed by atoms with van der Waals surface area (Å²) >= 11 is 0. The molecule has 3 N–H and O–H groups in total. The average molecular weight is 544 g/mol. The lowest BCUT2D eigenvalue weighted by Crippen LogP contribution is -2.28. The van der Waals surface area contributed by atoms with Crippen LogP contribution in [0.3, 0.4) is 0 Å². The molecular formula is C24H21F5N10. The van der Waals surface area contributed by atoms with Gasteiger partial charge in [-0.2, -0.15) is 17.6 Å². The first kappa shape index (κ1) is 25.9. The molecule has 3 aromatic heterocycles. The van der Waals surface area contributed by atoms with Gasteiger partial charge in [-0.25, -0.2) is 24.3 Å². The molecule has 1 aromatic carbocycles. The van der Waals surface area contributed by atoms with Gasteiger partial charge in [0.2, 0.25) is 17.6 Å². The van der Waals surface area contributed by atoms with E-state index in [-0.39, 0.29) is 30.0 Å². The van der Waals surface area contributed by atoms with E-state index in [9.17, 15) is 13.2 Å². The molecule has 0 spiro atoms. The van der Waals surface area contributed by atoms with Crippen molar-refractivity contribution < 1.29 is 22.0 Å². The third-order valence-electron chi connectivity index (χ3n) is 6.01. The molecule has 0 saturated heterocycles. The number of nitrogens with zero attached hydrogens (tertiary/aromatic N) is 8. The number of hydrogen-bond donors (Lipinski definition) is 2. The van der Waals surface area contributed by atoms with Crippen LogP contribution in [0.2, 0.25) is 0 Å². The Labute approximate surface area is 218 Å². The lowest BCUT2D eigenvalue weighted by Gasteiger charge is -2.26. The zero-order valence-corrected chi connectivity index (χ0v) is 20.5. The second-order valence-electron chi connectivity index (χ2n) is 8.72. The van der Waals surface area contributed by atoms with E-state index >= 15 is 8.78 Å². The lowest BCUT2D eigenvalue weighted by molar-refractivity contribution is 0.0231. The van der Waals surface area contributed by atoms with Crippen LogP contribution in [-0.4, -0.2) is 46.7 Å². The van der Waals surface area contributed by atoms with Gasteiger partial charge in [0.25, 0.3) is 0 Å². The molecule has 0 saturated carbocycles. The van der Waals surface area contributed by atoms with Crippen molar-refractivity contribution in [1.82, 2.24) is 34.3 Å². The van der Waals surface area contributed by atoms with E-state index in [0.29, 0.717) is 17.0 Å². The smallest absolute Gasteiger partial charge is 0.334 e. The third kappa shape index (κ3) is 4.70. The first-order valence-electron chi connectivity index (χ1n) is 11.6. The van der Waals surface area contributed by atoms with Gasteiger partial charge >= 0.3 is 12.5 Å². The summed E-state index contributed by atoms with van der Waals surface area (Å²) in [6, 6.07) is 4.10. The van der Waals surface area contributed by atoms with Crippen molar-refractivity contribution in [3.63, 3.8) is 0 Å². The molecule has 0 bridgehead atoms. The van der Waals surface area contributed by atoms with Crippen molar-refractivity contribution in [3.8, 4) is 23.0 Å². The van der Waals surface area contributed by atoms with E-state index in [0.717, 1.165) is 24.4 Å². The number of hydrogen-bond acceptors (Lipinski definition) is 7. The Hall–Kier alpha value is -4.69. The van der Waals surface area contributed by atoms with Crippen LogP contribution >= 0.6 is 0 Å².